The van der Waals surface area contributed by atoms with Gasteiger partial charge in [0.25, 0.3) is 0 Å². The van der Waals surface area contributed by atoms with E-state index in [-0.39, 0.29) is 40.8 Å². The van der Waals surface area contributed by atoms with Crippen molar-refractivity contribution in [3.8, 4) is 0 Å². The summed E-state index contributed by atoms with van der Waals surface area (Å²) in [5.74, 6) is 0. The van der Waals surface area contributed by atoms with E-state index >= 15 is 0 Å². The number of hydrogen-bond acceptors (Lipinski definition) is 2. The molecule has 0 aliphatic carbocycles. The summed E-state index contributed by atoms with van der Waals surface area (Å²) in [5.41, 5.74) is 0. The predicted octanol–water partition coefficient (Wildman–Crippen LogP) is 8.03. The van der Waals surface area contributed by atoms with Crippen molar-refractivity contribution in [1.29, 1.82) is 0 Å². The first kappa shape index (κ1) is 27.6. The van der Waals surface area contributed by atoms with E-state index in [9.17, 15) is 4.57 Å². The number of rotatable bonds is 19. The van der Waals surface area contributed by atoms with Crippen molar-refractivity contribution in [3.63, 3.8) is 0 Å². The molecule has 0 aliphatic rings. The van der Waals surface area contributed by atoms with Crippen LogP contribution in [0.15, 0.2) is 0 Å². The molecule has 0 rings (SSSR count). The van der Waals surface area contributed by atoms with Crippen LogP contribution in [0.1, 0.15) is 117 Å². The summed E-state index contributed by atoms with van der Waals surface area (Å²) < 4.78 is 17.2. The molecular weight excluding hydrogens is 447 g/mol. The van der Waals surface area contributed by atoms with Gasteiger partial charge in [-0.1, -0.05) is 97.3 Å². The summed E-state index contributed by atoms with van der Waals surface area (Å²) in [6.07, 6.45) is 21.6. The van der Waals surface area contributed by atoms with E-state index in [2.05, 4.69) is 13.8 Å². The Labute approximate surface area is 186 Å². The molecule has 0 heterocycles. The van der Waals surface area contributed by atoms with Crippen LogP contribution >= 0.6 is 8.03 Å². The average Bonchev–Trinajstić information content (AvgIpc) is 2.56. The van der Waals surface area contributed by atoms with Gasteiger partial charge in [0.2, 0.25) is 0 Å². The SMILES string of the molecule is CCCCCCCCCCO[P+](=O)CCCCCCCCCC.[Nd]. The first-order chi connectivity index (χ1) is 11.3. The Balaban J connectivity index is 0. The molecule has 0 aromatic rings. The van der Waals surface area contributed by atoms with Crippen LogP contribution in [0.25, 0.3) is 0 Å². The van der Waals surface area contributed by atoms with Crippen LogP contribution in [-0.4, -0.2) is 12.8 Å². The van der Waals surface area contributed by atoms with Crippen molar-refractivity contribution in [2.75, 3.05) is 12.8 Å². The van der Waals surface area contributed by atoms with E-state index in [1.807, 2.05) is 0 Å². The van der Waals surface area contributed by atoms with E-state index in [1.54, 1.807) is 0 Å². The van der Waals surface area contributed by atoms with Gasteiger partial charge >= 0.3 is 8.03 Å². The third kappa shape index (κ3) is 23.4. The van der Waals surface area contributed by atoms with Gasteiger partial charge in [0, 0.05) is 40.8 Å². The first-order valence-corrected chi connectivity index (χ1v) is 11.7. The molecule has 0 radical (unpaired) electrons. The van der Waals surface area contributed by atoms with Crippen molar-refractivity contribution in [2.24, 2.45) is 0 Å². The molecule has 0 aliphatic heterocycles. The van der Waals surface area contributed by atoms with Gasteiger partial charge < -0.3 is 0 Å². The van der Waals surface area contributed by atoms with Crippen molar-refractivity contribution in [3.05, 3.63) is 0 Å². The molecular formula is C20H42NdO2P+. The fourth-order valence-corrected chi connectivity index (χ4v) is 3.79. The van der Waals surface area contributed by atoms with Crippen LogP contribution in [0.3, 0.4) is 0 Å². The summed E-state index contributed by atoms with van der Waals surface area (Å²) in [5, 5.41) is 0. The maximum absolute atomic E-state index is 11.8. The molecule has 0 saturated carbocycles. The second kappa shape index (κ2) is 24.4. The summed E-state index contributed by atoms with van der Waals surface area (Å²) in [6, 6.07) is 0. The van der Waals surface area contributed by atoms with Gasteiger partial charge in [-0.15, -0.1) is 4.52 Å². The second-order valence-electron chi connectivity index (χ2n) is 6.84. The molecule has 0 saturated heterocycles. The smallest absolute Gasteiger partial charge is 0.146 e. The Kier molecular flexibility index (Phi) is 28.1. The van der Waals surface area contributed by atoms with Crippen molar-refractivity contribution < 1.29 is 49.9 Å². The van der Waals surface area contributed by atoms with Crippen LogP contribution in [0.4, 0.5) is 0 Å². The Hall–Kier alpha value is 1.41. The zero-order chi connectivity index (χ0) is 17.0. The molecule has 0 spiro atoms. The fourth-order valence-electron chi connectivity index (χ4n) is 2.84. The molecule has 0 amide bonds. The van der Waals surface area contributed by atoms with Gasteiger partial charge in [0.05, 0.1) is 0 Å². The monoisotopic (exact) mass is 487 g/mol. The summed E-state index contributed by atoms with van der Waals surface area (Å²) in [4.78, 5) is 0. The molecule has 0 aromatic heterocycles. The average molecular weight is 490 g/mol. The molecule has 1 atom stereocenters. The van der Waals surface area contributed by atoms with Crippen LogP contribution in [-0.2, 0) is 9.09 Å². The summed E-state index contributed by atoms with van der Waals surface area (Å²) in [7, 11) is -1.39. The zero-order valence-corrected chi connectivity index (χ0v) is 20.6. The third-order valence-electron chi connectivity index (χ3n) is 4.43. The predicted molar refractivity (Wildman–Crippen MR) is 104 cm³/mol. The van der Waals surface area contributed by atoms with Gasteiger partial charge in [-0.2, -0.15) is 0 Å². The maximum atomic E-state index is 11.8. The Bertz CT molecular complexity index is 250. The molecule has 4 heteroatoms. The van der Waals surface area contributed by atoms with E-state index in [4.69, 9.17) is 4.52 Å². The standard InChI is InChI=1S/C20H42O2P.Nd/c1-3-5-7-9-11-13-15-17-19-22-23(21)20-18-16-14-12-10-8-6-4-2;/h3-20H2,1-2H3;/q+1;. The van der Waals surface area contributed by atoms with Crippen LogP contribution in [0, 0.1) is 40.8 Å². The Morgan fingerprint density at radius 1 is 0.583 bits per heavy atom. The fraction of sp³-hybridized carbons (Fsp3) is 1.00. The molecule has 0 N–H and O–H groups in total. The van der Waals surface area contributed by atoms with Gasteiger partial charge in [-0.05, 0) is 23.8 Å². The van der Waals surface area contributed by atoms with Gasteiger partial charge in [0.15, 0.2) is 6.16 Å². The molecule has 142 valence electrons. The van der Waals surface area contributed by atoms with Crippen LogP contribution < -0.4 is 0 Å². The maximum Gasteiger partial charge on any atom is 0.508 e. The molecule has 24 heavy (non-hydrogen) atoms. The molecule has 0 bridgehead atoms. The third-order valence-corrected chi connectivity index (χ3v) is 5.58. The van der Waals surface area contributed by atoms with E-state index in [0.717, 1.165) is 19.0 Å². The minimum Gasteiger partial charge on any atom is -0.146 e. The van der Waals surface area contributed by atoms with Crippen molar-refractivity contribution in [1.82, 2.24) is 0 Å². The van der Waals surface area contributed by atoms with Gasteiger partial charge in [0.1, 0.15) is 6.61 Å². The molecule has 0 fully saturated rings. The van der Waals surface area contributed by atoms with Crippen LogP contribution in [0.5, 0.6) is 0 Å². The zero-order valence-electron chi connectivity index (χ0n) is 16.5. The van der Waals surface area contributed by atoms with Crippen LogP contribution in [0.2, 0.25) is 0 Å². The van der Waals surface area contributed by atoms with Crippen molar-refractivity contribution in [2.45, 2.75) is 117 Å². The molecule has 2 nitrogen and oxygen atoms in total. The quantitative estimate of drug-likeness (QED) is 0.136. The molecule has 0 aromatic carbocycles. The topological polar surface area (TPSA) is 26.3 Å². The summed E-state index contributed by atoms with van der Waals surface area (Å²) >= 11 is 0. The Morgan fingerprint density at radius 2 is 0.958 bits per heavy atom. The summed E-state index contributed by atoms with van der Waals surface area (Å²) in [6.45, 7) is 5.21. The minimum atomic E-state index is -1.39. The number of unbranched alkanes of at least 4 members (excludes halogenated alkanes) is 14. The largest absolute Gasteiger partial charge is 0.508 e. The minimum absolute atomic E-state index is 0. The normalized spacial score (nSPS) is 11.3. The first-order valence-electron chi connectivity index (χ1n) is 10.4. The Morgan fingerprint density at radius 3 is 1.42 bits per heavy atom. The van der Waals surface area contributed by atoms with Gasteiger partial charge in [-0.25, -0.2) is 0 Å². The number of hydrogen-bond donors (Lipinski definition) is 0. The van der Waals surface area contributed by atoms with E-state index in [0.29, 0.717) is 6.61 Å². The molecule has 1 unspecified atom stereocenters. The van der Waals surface area contributed by atoms with Gasteiger partial charge in [-0.3, -0.25) is 0 Å². The van der Waals surface area contributed by atoms with E-state index in [1.165, 1.54) is 89.9 Å². The second-order valence-corrected chi connectivity index (χ2v) is 8.21. The van der Waals surface area contributed by atoms with Crippen molar-refractivity contribution >= 4 is 8.03 Å². The van der Waals surface area contributed by atoms with E-state index < -0.39 is 8.03 Å².